The lowest BCUT2D eigenvalue weighted by Gasteiger charge is -2.36. The first-order chi connectivity index (χ1) is 12.4. The van der Waals surface area contributed by atoms with Crippen molar-refractivity contribution in [2.24, 2.45) is 13.0 Å². The lowest BCUT2D eigenvalue weighted by Crippen LogP contribution is -2.46. The van der Waals surface area contributed by atoms with Crippen LogP contribution in [0.3, 0.4) is 0 Å². The summed E-state index contributed by atoms with van der Waals surface area (Å²) in [6.07, 6.45) is 2.20. The molecule has 3 aliphatic rings. The molecule has 26 heavy (non-hydrogen) atoms. The minimum Gasteiger partial charge on any atom is -0.346 e. The Morgan fingerprint density at radius 2 is 1.88 bits per heavy atom. The van der Waals surface area contributed by atoms with Crippen molar-refractivity contribution in [1.29, 1.82) is 0 Å². The van der Waals surface area contributed by atoms with Crippen molar-refractivity contribution in [2.45, 2.75) is 25.4 Å². The number of aromatic nitrogens is 1. The molecule has 2 bridgehead atoms. The quantitative estimate of drug-likeness (QED) is 0.819. The maximum atomic E-state index is 12.6. The zero-order chi connectivity index (χ0) is 18.5. The zero-order valence-electron chi connectivity index (χ0n) is 15.8. The minimum atomic E-state index is -3.34. The number of piperidine rings is 1. The van der Waals surface area contributed by atoms with Gasteiger partial charge in [0, 0.05) is 64.6 Å². The molecule has 3 saturated heterocycles. The van der Waals surface area contributed by atoms with Crippen molar-refractivity contribution in [3.05, 3.63) is 36.0 Å². The molecular formula is C19H28N4O2S. The molecule has 6 nitrogen and oxygen atoms in total. The van der Waals surface area contributed by atoms with Crippen LogP contribution in [0.5, 0.6) is 0 Å². The van der Waals surface area contributed by atoms with Crippen LogP contribution in [0.2, 0.25) is 0 Å². The number of benzene rings is 1. The van der Waals surface area contributed by atoms with Gasteiger partial charge in [-0.2, -0.15) is 17.0 Å². The number of aryl methyl sites for hydroxylation is 1. The first kappa shape index (κ1) is 18.0. The number of rotatable bonds is 4. The molecule has 0 N–H and O–H groups in total. The number of hydrogen-bond acceptors (Lipinski definition) is 3. The third-order valence-electron chi connectivity index (χ3n) is 6.00. The van der Waals surface area contributed by atoms with Gasteiger partial charge in [0.1, 0.15) is 0 Å². The lowest BCUT2D eigenvalue weighted by atomic mass is 9.95. The highest BCUT2D eigenvalue weighted by Gasteiger charge is 2.39. The predicted octanol–water partition coefficient (Wildman–Crippen LogP) is 1.88. The van der Waals surface area contributed by atoms with Crippen molar-refractivity contribution in [1.82, 2.24) is 18.1 Å². The Morgan fingerprint density at radius 3 is 2.62 bits per heavy atom. The van der Waals surface area contributed by atoms with Crippen LogP contribution in [0, 0.1) is 5.92 Å². The molecule has 7 heteroatoms. The standard InChI is InChI=1S/C19H28N4O2S/c1-20(2)26(24,25)23-12-15-8-9-17(14-23)22(11-15)13-18-10-16-6-4-5-7-19(16)21(18)3/h4-7,10,15,17H,8-9,11-14H2,1-3H3. The second-order valence-corrected chi connectivity index (χ2v) is 10.0. The van der Waals surface area contributed by atoms with E-state index in [4.69, 9.17) is 0 Å². The zero-order valence-corrected chi connectivity index (χ0v) is 16.6. The van der Waals surface area contributed by atoms with E-state index in [0.29, 0.717) is 25.0 Å². The molecule has 5 rings (SSSR count). The number of nitrogens with zero attached hydrogens (tertiary/aromatic N) is 4. The number of hydrogen-bond donors (Lipinski definition) is 0. The monoisotopic (exact) mass is 376 g/mol. The highest BCUT2D eigenvalue weighted by Crippen LogP contribution is 2.31. The molecule has 0 radical (unpaired) electrons. The summed E-state index contributed by atoms with van der Waals surface area (Å²) in [5.41, 5.74) is 2.54. The molecular weight excluding hydrogens is 348 g/mol. The van der Waals surface area contributed by atoms with Crippen LogP contribution in [0.1, 0.15) is 18.5 Å². The van der Waals surface area contributed by atoms with Gasteiger partial charge in [0.25, 0.3) is 10.2 Å². The summed E-state index contributed by atoms with van der Waals surface area (Å²) >= 11 is 0. The van der Waals surface area contributed by atoms with Crippen LogP contribution < -0.4 is 0 Å². The second kappa shape index (κ2) is 6.64. The molecule has 3 fully saturated rings. The van der Waals surface area contributed by atoms with Crippen molar-refractivity contribution in [3.63, 3.8) is 0 Å². The second-order valence-electron chi connectivity index (χ2n) is 7.89. The van der Waals surface area contributed by atoms with E-state index in [-0.39, 0.29) is 0 Å². The highest BCUT2D eigenvalue weighted by atomic mass is 32.2. The molecule has 1 aromatic carbocycles. The SMILES string of the molecule is CN(C)S(=O)(=O)N1CC2CCC(C1)N(Cc1cc3ccccc3n1C)C2. The summed E-state index contributed by atoms with van der Waals surface area (Å²) in [4.78, 5) is 2.49. The fourth-order valence-corrected chi connectivity index (χ4v) is 5.68. The molecule has 0 spiro atoms. The van der Waals surface area contributed by atoms with Gasteiger partial charge in [-0.05, 0) is 36.3 Å². The van der Waals surface area contributed by atoms with Crippen molar-refractivity contribution in [3.8, 4) is 0 Å². The van der Waals surface area contributed by atoms with E-state index >= 15 is 0 Å². The maximum Gasteiger partial charge on any atom is 0.281 e. The average Bonchev–Trinajstić information content (AvgIpc) is 2.78. The van der Waals surface area contributed by atoms with Gasteiger partial charge in [-0.1, -0.05) is 18.2 Å². The normalized spacial score (nSPS) is 25.2. The fourth-order valence-electron chi connectivity index (χ4n) is 4.45. The van der Waals surface area contributed by atoms with Gasteiger partial charge in [-0.3, -0.25) is 4.90 Å². The largest absolute Gasteiger partial charge is 0.346 e. The number of fused-ring (bicyclic) bond motifs is 5. The number of para-hydroxylation sites is 1. The summed E-state index contributed by atoms with van der Waals surface area (Å²) < 4.78 is 30.5. The van der Waals surface area contributed by atoms with Gasteiger partial charge in [-0.15, -0.1) is 0 Å². The van der Waals surface area contributed by atoms with E-state index in [2.05, 4.69) is 46.8 Å². The molecule has 0 saturated carbocycles. The van der Waals surface area contributed by atoms with Gasteiger partial charge < -0.3 is 4.57 Å². The Labute approximate surface area is 156 Å². The molecule has 2 unspecified atom stereocenters. The van der Waals surface area contributed by atoms with Crippen LogP contribution in [0.15, 0.2) is 30.3 Å². The highest BCUT2D eigenvalue weighted by molar-refractivity contribution is 7.86. The Bertz CT molecular complexity index is 905. The van der Waals surface area contributed by atoms with Crippen LogP contribution in [0.4, 0.5) is 0 Å². The Balaban J connectivity index is 1.58. The van der Waals surface area contributed by atoms with Gasteiger partial charge in [0.2, 0.25) is 0 Å². The lowest BCUT2D eigenvalue weighted by molar-refractivity contribution is 0.123. The van der Waals surface area contributed by atoms with Gasteiger partial charge in [0.05, 0.1) is 0 Å². The van der Waals surface area contributed by atoms with Gasteiger partial charge >= 0.3 is 0 Å². The smallest absolute Gasteiger partial charge is 0.281 e. The van der Waals surface area contributed by atoms with E-state index in [0.717, 1.165) is 25.9 Å². The molecule has 2 aromatic rings. The Hall–Kier alpha value is -1.41. The summed E-state index contributed by atoms with van der Waals surface area (Å²) in [6, 6.07) is 11.0. The summed E-state index contributed by atoms with van der Waals surface area (Å²) in [5, 5.41) is 1.27. The molecule has 2 atom stereocenters. The predicted molar refractivity (Wildman–Crippen MR) is 104 cm³/mol. The Morgan fingerprint density at radius 1 is 1.12 bits per heavy atom. The van der Waals surface area contributed by atoms with Crippen LogP contribution >= 0.6 is 0 Å². The molecule has 1 aromatic heterocycles. The fraction of sp³-hybridized carbons (Fsp3) is 0.579. The van der Waals surface area contributed by atoms with Crippen molar-refractivity contribution in [2.75, 3.05) is 33.7 Å². The topological polar surface area (TPSA) is 48.8 Å². The molecule has 3 aliphatic heterocycles. The Kier molecular flexibility index (Phi) is 4.59. The first-order valence-corrected chi connectivity index (χ1v) is 10.7. The summed E-state index contributed by atoms with van der Waals surface area (Å²) in [7, 11) is 2.02. The minimum absolute atomic E-state index is 0.293. The van der Waals surface area contributed by atoms with E-state index < -0.39 is 10.2 Å². The van der Waals surface area contributed by atoms with Crippen LogP contribution in [0.25, 0.3) is 10.9 Å². The van der Waals surface area contributed by atoms with Crippen molar-refractivity contribution >= 4 is 21.1 Å². The maximum absolute atomic E-state index is 12.6. The van der Waals surface area contributed by atoms with Crippen molar-refractivity contribution < 1.29 is 8.42 Å². The van der Waals surface area contributed by atoms with E-state index in [1.807, 2.05) is 0 Å². The van der Waals surface area contributed by atoms with E-state index in [1.165, 1.54) is 20.9 Å². The van der Waals surface area contributed by atoms with Crippen LogP contribution in [-0.2, 0) is 23.8 Å². The van der Waals surface area contributed by atoms with E-state index in [1.54, 1.807) is 18.4 Å². The molecule has 4 heterocycles. The molecule has 0 amide bonds. The first-order valence-electron chi connectivity index (χ1n) is 9.31. The summed E-state index contributed by atoms with van der Waals surface area (Å²) in [6.45, 7) is 3.09. The van der Waals surface area contributed by atoms with E-state index in [9.17, 15) is 8.42 Å². The molecule has 142 valence electrons. The average molecular weight is 377 g/mol. The third-order valence-corrected chi connectivity index (χ3v) is 7.87. The van der Waals surface area contributed by atoms with Gasteiger partial charge in [0.15, 0.2) is 0 Å². The molecule has 0 aliphatic carbocycles. The van der Waals surface area contributed by atoms with Gasteiger partial charge in [-0.25, -0.2) is 0 Å². The third kappa shape index (κ3) is 3.07. The summed E-state index contributed by atoms with van der Waals surface area (Å²) in [5.74, 6) is 0.415. The van der Waals surface area contributed by atoms with Crippen LogP contribution in [-0.4, -0.2) is 66.3 Å².